The summed E-state index contributed by atoms with van der Waals surface area (Å²) >= 11 is 0. The fourth-order valence-electron chi connectivity index (χ4n) is 3.13. The van der Waals surface area contributed by atoms with Gasteiger partial charge in [-0.25, -0.2) is 0 Å². The van der Waals surface area contributed by atoms with Crippen molar-refractivity contribution in [3.8, 4) is 0 Å². The molecule has 1 atom stereocenters. The topological polar surface area (TPSA) is 53.4 Å². The van der Waals surface area contributed by atoms with E-state index in [1.807, 2.05) is 7.05 Å². The van der Waals surface area contributed by atoms with E-state index in [2.05, 4.69) is 5.10 Å². The number of nitrogens with zero attached hydrogens (tertiary/aromatic N) is 2. The molecule has 0 saturated carbocycles. The molecule has 2 saturated heterocycles. The number of hydrogen-bond acceptors (Lipinski definition) is 4. The molecule has 5 heteroatoms. The SMILES string of the molecule is Cn1cc(C(=O)C2CCOC3(CCOCC3)C2)cn1. The molecule has 1 unspecified atom stereocenters. The number of Topliss-reactive ketones (excluding diaryl/α,β-unsaturated/α-hetero) is 1. The third-order valence-electron chi connectivity index (χ3n) is 4.26. The number of aromatic nitrogens is 2. The van der Waals surface area contributed by atoms with Crippen molar-refractivity contribution < 1.29 is 14.3 Å². The summed E-state index contributed by atoms with van der Waals surface area (Å²) in [5.74, 6) is 0.276. The minimum Gasteiger partial charge on any atom is -0.381 e. The molecule has 0 bridgehead atoms. The molecular weight excluding hydrogens is 244 g/mol. The lowest BCUT2D eigenvalue weighted by Gasteiger charge is -2.42. The van der Waals surface area contributed by atoms with Gasteiger partial charge in [0.2, 0.25) is 0 Å². The van der Waals surface area contributed by atoms with Crippen molar-refractivity contribution in [2.45, 2.75) is 31.3 Å². The Kier molecular flexibility index (Phi) is 3.41. The van der Waals surface area contributed by atoms with E-state index in [1.54, 1.807) is 17.1 Å². The fraction of sp³-hybridized carbons (Fsp3) is 0.714. The van der Waals surface area contributed by atoms with E-state index in [1.165, 1.54) is 0 Å². The zero-order valence-electron chi connectivity index (χ0n) is 11.3. The van der Waals surface area contributed by atoms with E-state index in [0.29, 0.717) is 6.61 Å². The molecular formula is C14H20N2O3. The van der Waals surface area contributed by atoms with Crippen LogP contribution >= 0.6 is 0 Å². The minimum absolute atomic E-state index is 0.0658. The first kappa shape index (κ1) is 12.8. The van der Waals surface area contributed by atoms with Crippen LogP contribution in [0.3, 0.4) is 0 Å². The van der Waals surface area contributed by atoms with Gasteiger partial charge in [-0.3, -0.25) is 9.48 Å². The highest BCUT2D eigenvalue weighted by Gasteiger charge is 2.41. The van der Waals surface area contributed by atoms with Crippen molar-refractivity contribution in [1.29, 1.82) is 0 Å². The molecule has 19 heavy (non-hydrogen) atoms. The summed E-state index contributed by atoms with van der Waals surface area (Å²) in [6, 6.07) is 0. The van der Waals surface area contributed by atoms with Gasteiger partial charge in [0, 0.05) is 39.0 Å². The molecule has 2 fully saturated rings. The van der Waals surface area contributed by atoms with Crippen LogP contribution in [0.15, 0.2) is 12.4 Å². The van der Waals surface area contributed by atoms with E-state index >= 15 is 0 Å². The second-order valence-corrected chi connectivity index (χ2v) is 5.60. The molecule has 1 aromatic heterocycles. The Balaban J connectivity index is 1.72. The summed E-state index contributed by atoms with van der Waals surface area (Å²) in [6.45, 7) is 2.16. The first-order chi connectivity index (χ1) is 9.19. The third kappa shape index (κ3) is 2.58. The molecule has 5 nitrogen and oxygen atoms in total. The van der Waals surface area contributed by atoms with Gasteiger partial charge in [-0.05, 0) is 25.7 Å². The van der Waals surface area contributed by atoms with Crippen molar-refractivity contribution in [2.24, 2.45) is 13.0 Å². The van der Waals surface area contributed by atoms with Gasteiger partial charge in [0.1, 0.15) is 0 Å². The van der Waals surface area contributed by atoms with Crippen LogP contribution in [0.1, 0.15) is 36.0 Å². The van der Waals surface area contributed by atoms with Gasteiger partial charge < -0.3 is 9.47 Å². The first-order valence-electron chi connectivity index (χ1n) is 6.93. The van der Waals surface area contributed by atoms with Crippen LogP contribution in [0.5, 0.6) is 0 Å². The van der Waals surface area contributed by atoms with Crippen LogP contribution in [0.25, 0.3) is 0 Å². The molecule has 3 heterocycles. The molecule has 0 aliphatic carbocycles. The fourth-order valence-corrected chi connectivity index (χ4v) is 3.13. The average molecular weight is 264 g/mol. The van der Waals surface area contributed by atoms with Crippen molar-refractivity contribution in [1.82, 2.24) is 9.78 Å². The summed E-state index contributed by atoms with van der Waals surface area (Å²) in [4.78, 5) is 12.5. The van der Waals surface area contributed by atoms with Crippen LogP contribution in [-0.2, 0) is 16.5 Å². The first-order valence-corrected chi connectivity index (χ1v) is 6.93. The van der Waals surface area contributed by atoms with Crippen molar-refractivity contribution in [3.05, 3.63) is 18.0 Å². The maximum atomic E-state index is 12.5. The lowest BCUT2D eigenvalue weighted by Crippen LogP contribution is -2.45. The van der Waals surface area contributed by atoms with Crippen LogP contribution < -0.4 is 0 Å². The van der Waals surface area contributed by atoms with Crippen LogP contribution in [0.2, 0.25) is 0 Å². The number of carbonyl (C=O) groups excluding carboxylic acids is 1. The summed E-state index contributed by atoms with van der Waals surface area (Å²) in [5, 5.41) is 4.08. The van der Waals surface area contributed by atoms with Gasteiger partial charge in [-0.2, -0.15) is 5.10 Å². The van der Waals surface area contributed by atoms with Gasteiger partial charge >= 0.3 is 0 Å². The number of ether oxygens (including phenoxy) is 2. The summed E-state index contributed by atoms with van der Waals surface area (Å²) in [6.07, 6.45) is 6.91. The van der Waals surface area contributed by atoms with Crippen LogP contribution in [0, 0.1) is 5.92 Å². The normalized spacial score (nSPS) is 26.5. The molecule has 0 amide bonds. The van der Waals surface area contributed by atoms with Gasteiger partial charge in [0.05, 0.1) is 17.4 Å². The summed E-state index contributed by atoms with van der Waals surface area (Å²) in [7, 11) is 1.83. The molecule has 0 N–H and O–H groups in total. The predicted octanol–water partition coefficient (Wildman–Crippen LogP) is 1.58. The van der Waals surface area contributed by atoms with E-state index in [-0.39, 0.29) is 17.3 Å². The Bertz CT molecular complexity index is 458. The Morgan fingerprint density at radius 3 is 2.89 bits per heavy atom. The molecule has 3 rings (SSSR count). The maximum absolute atomic E-state index is 12.5. The molecule has 0 aromatic carbocycles. The van der Waals surface area contributed by atoms with Gasteiger partial charge in [-0.15, -0.1) is 0 Å². The lowest BCUT2D eigenvalue weighted by atomic mass is 9.78. The van der Waals surface area contributed by atoms with Crippen molar-refractivity contribution in [3.63, 3.8) is 0 Å². The van der Waals surface area contributed by atoms with E-state index in [0.717, 1.165) is 44.5 Å². The number of aryl methyl sites for hydroxylation is 1. The quantitative estimate of drug-likeness (QED) is 0.761. The van der Waals surface area contributed by atoms with Gasteiger partial charge in [0.25, 0.3) is 0 Å². The van der Waals surface area contributed by atoms with Crippen molar-refractivity contribution in [2.75, 3.05) is 19.8 Å². The monoisotopic (exact) mass is 264 g/mol. The Hall–Kier alpha value is -1.20. The molecule has 1 spiro atoms. The number of rotatable bonds is 2. The molecule has 2 aliphatic heterocycles. The van der Waals surface area contributed by atoms with Gasteiger partial charge in [-0.1, -0.05) is 0 Å². The lowest BCUT2D eigenvalue weighted by molar-refractivity contribution is -0.142. The smallest absolute Gasteiger partial charge is 0.169 e. The van der Waals surface area contributed by atoms with E-state index in [4.69, 9.17) is 9.47 Å². The standard InChI is InChI=1S/C14H20N2O3/c1-16-10-12(9-15-16)13(17)11-2-5-19-14(8-11)3-6-18-7-4-14/h9-11H,2-8H2,1H3. The minimum atomic E-state index is -0.126. The molecule has 104 valence electrons. The predicted molar refractivity (Wildman–Crippen MR) is 69.0 cm³/mol. The zero-order valence-corrected chi connectivity index (χ0v) is 11.3. The van der Waals surface area contributed by atoms with Crippen LogP contribution in [0.4, 0.5) is 0 Å². The highest BCUT2D eigenvalue weighted by molar-refractivity contribution is 5.97. The Morgan fingerprint density at radius 1 is 1.42 bits per heavy atom. The number of ketones is 1. The number of hydrogen-bond donors (Lipinski definition) is 0. The molecule has 2 aliphatic rings. The van der Waals surface area contributed by atoms with Gasteiger partial charge in [0.15, 0.2) is 5.78 Å². The summed E-state index contributed by atoms with van der Waals surface area (Å²) < 4.78 is 13.1. The second-order valence-electron chi connectivity index (χ2n) is 5.60. The van der Waals surface area contributed by atoms with E-state index in [9.17, 15) is 4.79 Å². The highest BCUT2D eigenvalue weighted by atomic mass is 16.5. The Labute approximate surface area is 112 Å². The molecule has 1 aromatic rings. The van der Waals surface area contributed by atoms with Crippen LogP contribution in [-0.4, -0.2) is 41.0 Å². The average Bonchev–Trinajstić information content (AvgIpc) is 2.85. The second kappa shape index (κ2) is 5.06. The zero-order chi connectivity index (χ0) is 13.3. The summed E-state index contributed by atoms with van der Waals surface area (Å²) in [5.41, 5.74) is 0.593. The third-order valence-corrected chi connectivity index (χ3v) is 4.26. The largest absolute Gasteiger partial charge is 0.381 e. The molecule has 0 radical (unpaired) electrons. The number of carbonyl (C=O) groups is 1. The van der Waals surface area contributed by atoms with Crippen molar-refractivity contribution >= 4 is 5.78 Å². The highest BCUT2D eigenvalue weighted by Crippen LogP contribution is 2.38. The maximum Gasteiger partial charge on any atom is 0.169 e. The van der Waals surface area contributed by atoms with E-state index < -0.39 is 0 Å². The Morgan fingerprint density at radius 2 is 2.21 bits per heavy atom.